The van der Waals surface area contributed by atoms with Crippen molar-refractivity contribution in [1.29, 1.82) is 0 Å². The zero-order valence-corrected chi connectivity index (χ0v) is 18.1. The minimum atomic E-state index is -0.645. The fraction of sp³-hybridized carbons (Fsp3) is 0.318. The number of ether oxygens (including phenoxy) is 2. The highest BCUT2D eigenvalue weighted by Gasteiger charge is 2.17. The molecule has 0 heterocycles. The van der Waals surface area contributed by atoms with Gasteiger partial charge in [0, 0.05) is 10.7 Å². The Kier molecular flexibility index (Phi) is 7.83. The smallest absolute Gasteiger partial charge is 0.412 e. The molecule has 0 spiro atoms. The predicted molar refractivity (Wildman–Crippen MR) is 115 cm³/mol. The number of nitrogens with one attached hydrogen (secondary N) is 2. The Morgan fingerprint density at radius 1 is 1.00 bits per heavy atom. The number of carbonyl (C=O) groups excluding carboxylic acids is 3. The highest BCUT2D eigenvalue weighted by Crippen LogP contribution is 2.16. The Morgan fingerprint density at radius 2 is 1.60 bits per heavy atom. The zero-order chi connectivity index (χ0) is 22.3. The SMILES string of the molecule is CC(NC(=O)COC(=O)c1ccc(NC(=O)OC(C)(C)C)cc1)c1ccc(Cl)cc1. The lowest BCUT2D eigenvalue weighted by molar-refractivity contribution is -0.124. The Morgan fingerprint density at radius 3 is 2.17 bits per heavy atom. The molecule has 1 unspecified atom stereocenters. The Hall–Kier alpha value is -3.06. The van der Waals surface area contributed by atoms with Crippen LogP contribution >= 0.6 is 11.6 Å². The quantitative estimate of drug-likeness (QED) is 0.644. The molecule has 0 aromatic heterocycles. The monoisotopic (exact) mass is 432 g/mol. The maximum atomic E-state index is 12.1. The van der Waals surface area contributed by atoms with E-state index in [1.807, 2.05) is 19.1 Å². The summed E-state index contributed by atoms with van der Waals surface area (Å²) in [5.41, 5.74) is 0.991. The lowest BCUT2D eigenvalue weighted by atomic mass is 10.1. The van der Waals surface area contributed by atoms with Crippen molar-refractivity contribution in [2.24, 2.45) is 0 Å². The first-order valence-electron chi connectivity index (χ1n) is 9.35. The van der Waals surface area contributed by atoms with E-state index in [9.17, 15) is 14.4 Å². The minimum absolute atomic E-state index is 0.253. The summed E-state index contributed by atoms with van der Waals surface area (Å²) in [7, 11) is 0. The first-order valence-corrected chi connectivity index (χ1v) is 9.73. The summed E-state index contributed by atoms with van der Waals surface area (Å²) in [5.74, 6) is -1.07. The Bertz CT molecular complexity index is 889. The van der Waals surface area contributed by atoms with Crippen molar-refractivity contribution in [2.45, 2.75) is 39.3 Å². The summed E-state index contributed by atoms with van der Waals surface area (Å²) in [6, 6.07) is 12.9. The lowest BCUT2D eigenvalue weighted by Crippen LogP contribution is -2.31. The first kappa shape index (κ1) is 23.2. The fourth-order valence-corrected chi connectivity index (χ4v) is 2.57. The number of carbonyl (C=O) groups is 3. The highest BCUT2D eigenvalue weighted by atomic mass is 35.5. The van der Waals surface area contributed by atoms with E-state index in [0.717, 1.165) is 5.56 Å². The van der Waals surface area contributed by atoms with Crippen LogP contribution in [0, 0.1) is 0 Å². The molecular weight excluding hydrogens is 408 g/mol. The molecule has 0 radical (unpaired) electrons. The van der Waals surface area contributed by atoms with Crippen LogP contribution in [-0.2, 0) is 14.3 Å². The first-order chi connectivity index (χ1) is 14.0. The van der Waals surface area contributed by atoms with Gasteiger partial charge >= 0.3 is 12.1 Å². The number of esters is 1. The van der Waals surface area contributed by atoms with E-state index >= 15 is 0 Å². The number of rotatable bonds is 6. The van der Waals surface area contributed by atoms with Crippen LogP contribution in [-0.4, -0.2) is 30.2 Å². The molecule has 0 saturated carbocycles. The molecule has 0 aliphatic rings. The molecule has 160 valence electrons. The van der Waals surface area contributed by atoms with Crippen LogP contribution in [0.25, 0.3) is 0 Å². The van der Waals surface area contributed by atoms with E-state index in [1.165, 1.54) is 12.1 Å². The largest absolute Gasteiger partial charge is 0.452 e. The van der Waals surface area contributed by atoms with Crippen LogP contribution < -0.4 is 10.6 Å². The number of amides is 2. The van der Waals surface area contributed by atoms with Gasteiger partial charge in [-0.1, -0.05) is 23.7 Å². The highest BCUT2D eigenvalue weighted by molar-refractivity contribution is 6.30. The molecule has 0 saturated heterocycles. The van der Waals surface area contributed by atoms with Crippen LogP contribution in [0.15, 0.2) is 48.5 Å². The molecule has 0 aliphatic carbocycles. The van der Waals surface area contributed by atoms with Crippen molar-refractivity contribution in [3.05, 3.63) is 64.7 Å². The van der Waals surface area contributed by atoms with Crippen LogP contribution in [0.5, 0.6) is 0 Å². The number of anilines is 1. The summed E-state index contributed by atoms with van der Waals surface area (Å²) in [4.78, 5) is 35.9. The average molecular weight is 433 g/mol. The maximum absolute atomic E-state index is 12.1. The Balaban J connectivity index is 1.82. The third-order valence-electron chi connectivity index (χ3n) is 3.85. The molecule has 2 N–H and O–H groups in total. The number of benzene rings is 2. The van der Waals surface area contributed by atoms with E-state index < -0.39 is 30.2 Å². The van der Waals surface area contributed by atoms with E-state index in [0.29, 0.717) is 10.7 Å². The van der Waals surface area contributed by atoms with Crippen molar-refractivity contribution in [3.8, 4) is 0 Å². The van der Waals surface area contributed by atoms with Crippen molar-refractivity contribution >= 4 is 35.3 Å². The second kappa shape index (κ2) is 10.1. The van der Waals surface area contributed by atoms with Gasteiger partial charge in [0.2, 0.25) is 0 Å². The van der Waals surface area contributed by atoms with Gasteiger partial charge in [-0.25, -0.2) is 9.59 Å². The second-order valence-corrected chi connectivity index (χ2v) is 8.06. The van der Waals surface area contributed by atoms with E-state index in [2.05, 4.69) is 10.6 Å². The van der Waals surface area contributed by atoms with Gasteiger partial charge in [0.05, 0.1) is 11.6 Å². The molecule has 8 heteroatoms. The summed E-state index contributed by atoms with van der Waals surface area (Å²) in [5, 5.41) is 5.93. The van der Waals surface area contributed by atoms with Gasteiger partial charge in [-0.3, -0.25) is 10.1 Å². The van der Waals surface area contributed by atoms with Crippen LogP contribution in [0.2, 0.25) is 5.02 Å². The van der Waals surface area contributed by atoms with Crippen molar-refractivity contribution in [3.63, 3.8) is 0 Å². The van der Waals surface area contributed by atoms with Gasteiger partial charge in [-0.15, -0.1) is 0 Å². The number of hydrogen-bond donors (Lipinski definition) is 2. The van der Waals surface area contributed by atoms with Gasteiger partial charge < -0.3 is 14.8 Å². The zero-order valence-electron chi connectivity index (χ0n) is 17.3. The van der Waals surface area contributed by atoms with E-state index in [1.54, 1.807) is 45.0 Å². The van der Waals surface area contributed by atoms with Crippen LogP contribution in [0.1, 0.15) is 49.7 Å². The summed E-state index contributed by atoms with van der Waals surface area (Å²) in [6.07, 6.45) is -0.593. The molecule has 30 heavy (non-hydrogen) atoms. The Labute approximate surface area is 180 Å². The van der Waals surface area contributed by atoms with Crippen molar-refractivity contribution in [1.82, 2.24) is 5.32 Å². The van der Waals surface area contributed by atoms with Crippen LogP contribution in [0.3, 0.4) is 0 Å². The second-order valence-electron chi connectivity index (χ2n) is 7.62. The van der Waals surface area contributed by atoms with Gasteiger partial charge in [0.1, 0.15) is 5.60 Å². The summed E-state index contributed by atoms with van der Waals surface area (Å²) < 4.78 is 10.2. The molecule has 0 bridgehead atoms. The van der Waals surface area contributed by atoms with Crippen molar-refractivity contribution in [2.75, 3.05) is 11.9 Å². The van der Waals surface area contributed by atoms with E-state index in [-0.39, 0.29) is 11.6 Å². The predicted octanol–water partition coefficient (Wildman–Crippen LogP) is 4.72. The molecule has 0 fully saturated rings. The van der Waals surface area contributed by atoms with Gasteiger partial charge in [0.15, 0.2) is 6.61 Å². The number of hydrogen-bond acceptors (Lipinski definition) is 5. The third kappa shape index (κ3) is 7.75. The van der Waals surface area contributed by atoms with Crippen LogP contribution in [0.4, 0.5) is 10.5 Å². The standard InChI is InChI=1S/C22H25ClN2O5/c1-14(15-5-9-17(23)10-6-15)24-19(26)13-29-20(27)16-7-11-18(12-8-16)25-21(28)30-22(2,3)4/h5-12,14H,13H2,1-4H3,(H,24,26)(H,25,28). The van der Waals surface area contributed by atoms with E-state index in [4.69, 9.17) is 21.1 Å². The molecule has 7 nitrogen and oxygen atoms in total. The summed E-state index contributed by atoms with van der Waals surface area (Å²) in [6.45, 7) is 6.70. The molecule has 2 aromatic rings. The van der Waals surface area contributed by atoms with Gasteiger partial charge in [0.25, 0.3) is 5.91 Å². The van der Waals surface area contributed by atoms with Gasteiger partial charge in [-0.2, -0.15) is 0 Å². The fourth-order valence-electron chi connectivity index (χ4n) is 2.44. The third-order valence-corrected chi connectivity index (χ3v) is 4.10. The minimum Gasteiger partial charge on any atom is -0.452 e. The van der Waals surface area contributed by atoms with Gasteiger partial charge in [-0.05, 0) is 69.7 Å². The maximum Gasteiger partial charge on any atom is 0.412 e. The topological polar surface area (TPSA) is 93.7 Å². The number of halogens is 1. The molecule has 0 aliphatic heterocycles. The van der Waals surface area contributed by atoms with Crippen molar-refractivity contribution < 1.29 is 23.9 Å². The molecular formula is C22H25ClN2O5. The lowest BCUT2D eigenvalue weighted by Gasteiger charge is -2.19. The summed E-state index contributed by atoms with van der Waals surface area (Å²) >= 11 is 5.85. The molecule has 1 atom stereocenters. The normalized spacial score (nSPS) is 11.9. The molecule has 2 amide bonds. The molecule has 2 aromatic carbocycles. The average Bonchev–Trinajstić information content (AvgIpc) is 2.65. The molecule has 2 rings (SSSR count).